The number of rotatable bonds is 5. The van der Waals surface area contributed by atoms with E-state index in [-0.39, 0.29) is 18.8 Å². The standard InChI is InChI=1S/C13H19NO3/c1-16-11-6-4-10(5-7-11)14-12(9-15)13-3-2-8-17-13/h4-7,12-15H,2-3,8-9H2,1H3. The molecular formula is C13H19NO3. The average Bonchev–Trinajstić information content (AvgIpc) is 2.90. The van der Waals surface area contributed by atoms with Gasteiger partial charge in [-0.05, 0) is 37.1 Å². The maximum Gasteiger partial charge on any atom is 0.119 e. The maximum absolute atomic E-state index is 9.38. The van der Waals surface area contributed by atoms with Gasteiger partial charge in [0.1, 0.15) is 5.75 Å². The van der Waals surface area contributed by atoms with Crippen LogP contribution in [-0.2, 0) is 4.74 Å². The van der Waals surface area contributed by atoms with Crippen molar-refractivity contribution in [3.05, 3.63) is 24.3 Å². The fourth-order valence-corrected chi connectivity index (χ4v) is 2.08. The van der Waals surface area contributed by atoms with Gasteiger partial charge in [0.05, 0.1) is 25.9 Å². The Morgan fingerprint density at radius 2 is 2.24 bits per heavy atom. The van der Waals surface area contributed by atoms with Gasteiger partial charge in [0, 0.05) is 12.3 Å². The van der Waals surface area contributed by atoms with E-state index < -0.39 is 0 Å². The molecule has 0 aromatic heterocycles. The van der Waals surface area contributed by atoms with Gasteiger partial charge in [0.2, 0.25) is 0 Å². The van der Waals surface area contributed by atoms with Crippen LogP contribution in [0.25, 0.3) is 0 Å². The first-order valence-electron chi connectivity index (χ1n) is 5.96. The molecule has 1 fully saturated rings. The lowest BCUT2D eigenvalue weighted by Gasteiger charge is -2.23. The summed E-state index contributed by atoms with van der Waals surface area (Å²) in [7, 11) is 1.64. The van der Waals surface area contributed by atoms with Crippen molar-refractivity contribution in [1.82, 2.24) is 0 Å². The molecule has 0 bridgehead atoms. The van der Waals surface area contributed by atoms with E-state index in [1.807, 2.05) is 24.3 Å². The van der Waals surface area contributed by atoms with Crippen molar-refractivity contribution in [2.45, 2.75) is 25.0 Å². The zero-order chi connectivity index (χ0) is 12.1. The van der Waals surface area contributed by atoms with Crippen molar-refractivity contribution in [3.63, 3.8) is 0 Å². The van der Waals surface area contributed by atoms with Crippen LogP contribution < -0.4 is 10.1 Å². The smallest absolute Gasteiger partial charge is 0.119 e. The largest absolute Gasteiger partial charge is 0.497 e. The molecule has 17 heavy (non-hydrogen) atoms. The Bertz CT molecular complexity index is 333. The summed E-state index contributed by atoms with van der Waals surface area (Å²) < 4.78 is 10.7. The van der Waals surface area contributed by atoms with Crippen LogP contribution >= 0.6 is 0 Å². The summed E-state index contributed by atoms with van der Waals surface area (Å²) >= 11 is 0. The normalized spacial score (nSPS) is 21.2. The van der Waals surface area contributed by atoms with Gasteiger partial charge in [-0.25, -0.2) is 0 Å². The van der Waals surface area contributed by atoms with Crippen LogP contribution in [0.1, 0.15) is 12.8 Å². The van der Waals surface area contributed by atoms with Gasteiger partial charge in [-0.2, -0.15) is 0 Å². The highest BCUT2D eigenvalue weighted by atomic mass is 16.5. The molecule has 1 aromatic carbocycles. The second-order valence-electron chi connectivity index (χ2n) is 4.21. The van der Waals surface area contributed by atoms with Gasteiger partial charge in [-0.3, -0.25) is 0 Å². The molecule has 1 aromatic rings. The van der Waals surface area contributed by atoms with Gasteiger partial charge < -0.3 is 19.9 Å². The Kier molecular flexibility index (Phi) is 4.23. The molecule has 2 unspecified atom stereocenters. The van der Waals surface area contributed by atoms with Crippen LogP contribution in [0.4, 0.5) is 5.69 Å². The van der Waals surface area contributed by atoms with Crippen molar-refractivity contribution in [2.75, 3.05) is 25.6 Å². The highest BCUT2D eigenvalue weighted by molar-refractivity contribution is 5.47. The summed E-state index contributed by atoms with van der Waals surface area (Å²) in [5, 5.41) is 12.7. The lowest BCUT2D eigenvalue weighted by Crippen LogP contribution is -2.36. The molecule has 94 valence electrons. The third kappa shape index (κ3) is 3.11. The molecular weight excluding hydrogens is 218 g/mol. The van der Waals surface area contributed by atoms with Crippen molar-refractivity contribution in [2.24, 2.45) is 0 Å². The molecule has 1 saturated heterocycles. The number of ether oxygens (including phenoxy) is 2. The third-order valence-electron chi connectivity index (χ3n) is 3.05. The number of nitrogens with one attached hydrogen (secondary N) is 1. The van der Waals surface area contributed by atoms with E-state index in [0.29, 0.717) is 0 Å². The summed E-state index contributed by atoms with van der Waals surface area (Å²) in [6.07, 6.45) is 2.20. The molecule has 0 amide bonds. The van der Waals surface area contributed by atoms with Crippen molar-refractivity contribution >= 4 is 5.69 Å². The van der Waals surface area contributed by atoms with Gasteiger partial charge in [-0.1, -0.05) is 0 Å². The van der Waals surface area contributed by atoms with E-state index in [9.17, 15) is 5.11 Å². The fraction of sp³-hybridized carbons (Fsp3) is 0.538. The van der Waals surface area contributed by atoms with E-state index in [2.05, 4.69) is 5.32 Å². The van der Waals surface area contributed by atoms with E-state index in [1.165, 1.54) is 0 Å². The number of benzene rings is 1. The minimum atomic E-state index is -0.0362. The molecule has 1 aliphatic heterocycles. The van der Waals surface area contributed by atoms with Gasteiger partial charge in [0.25, 0.3) is 0 Å². The number of hydrogen-bond acceptors (Lipinski definition) is 4. The van der Waals surface area contributed by atoms with Crippen molar-refractivity contribution in [3.8, 4) is 5.75 Å². The average molecular weight is 237 g/mol. The minimum Gasteiger partial charge on any atom is -0.497 e. The van der Waals surface area contributed by atoms with Crippen LogP contribution in [0.3, 0.4) is 0 Å². The quantitative estimate of drug-likeness (QED) is 0.817. The summed E-state index contributed by atoms with van der Waals surface area (Å²) in [4.78, 5) is 0. The molecule has 4 nitrogen and oxygen atoms in total. The van der Waals surface area contributed by atoms with Gasteiger partial charge in [0.15, 0.2) is 0 Å². The van der Waals surface area contributed by atoms with Crippen LogP contribution in [0.2, 0.25) is 0 Å². The molecule has 4 heteroatoms. The van der Waals surface area contributed by atoms with Gasteiger partial charge >= 0.3 is 0 Å². The zero-order valence-electron chi connectivity index (χ0n) is 10.1. The van der Waals surface area contributed by atoms with Crippen LogP contribution in [0, 0.1) is 0 Å². The Labute approximate surface area is 102 Å². The third-order valence-corrected chi connectivity index (χ3v) is 3.05. The second kappa shape index (κ2) is 5.89. The number of methoxy groups -OCH3 is 1. The lowest BCUT2D eigenvalue weighted by molar-refractivity contribution is 0.0758. The van der Waals surface area contributed by atoms with E-state index in [0.717, 1.165) is 30.9 Å². The predicted molar refractivity (Wildman–Crippen MR) is 66.5 cm³/mol. The van der Waals surface area contributed by atoms with Crippen LogP contribution in [0.15, 0.2) is 24.3 Å². The zero-order valence-corrected chi connectivity index (χ0v) is 10.1. The van der Waals surface area contributed by atoms with Crippen molar-refractivity contribution < 1.29 is 14.6 Å². The monoisotopic (exact) mass is 237 g/mol. The first-order valence-corrected chi connectivity index (χ1v) is 5.96. The van der Waals surface area contributed by atoms with E-state index in [1.54, 1.807) is 7.11 Å². The Hall–Kier alpha value is -1.26. The second-order valence-corrected chi connectivity index (χ2v) is 4.21. The van der Waals surface area contributed by atoms with Crippen LogP contribution in [-0.4, -0.2) is 37.6 Å². The summed E-state index contributed by atoms with van der Waals surface area (Å²) in [6.45, 7) is 0.877. The first kappa shape index (κ1) is 12.2. The van der Waals surface area contributed by atoms with Gasteiger partial charge in [-0.15, -0.1) is 0 Å². The molecule has 1 aliphatic rings. The summed E-state index contributed by atoms with van der Waals surface area (Å²) in [5.74, 6) is 0.827. The minimum absolute atomic E-state index is 0.0362. The van der Waals surface area contributed by atoms with E-state index >= 15 is 0 Å². The molecule has 0 saturated carbocycles. The molecule has 0 radical (unpaired) electrons. The Balaban J connectivity index is 1.96. The maximum atomic E-state index is 9.38. The molecule has 0 aliphatic carbocycles. The number of anilines is 1. The number of aliphatic hydroxyl groups is 1. The van der Waals surface area contributed by atoms with Crippen LogP contribution in [0.5, 0.6) is 5.75 Å². The van der Waals surface area contributed by atoms with E-state index in [4.69, 9.17) is 9.47 Å². The molecule has 2 N–H and O–H groups in total. The van der Waals surface area contributed by atoms with Crippen molar-refractivity contribution in [1.29, 1.82) is 0 Å². The highest BCUT2D eigenvalue weighted by Gasteiger charge is 2.25. The summed E-state index contributed by atoms with van der Waals surface area (Å²) in [5.41, 5.74) is 0.973. The summed E-state index contributed by atoms with van der Waals surface area (Å²) in [6, 6.07) is 7.64. The Morgan fingerprint density at radius 3 is 2.76 bits per heavy atom. The number of hydrogen-bond donors (Lipinski definition) is 2. The lowest BCUT2D eigenvalue weighted by atomic mass is 10.1. The number of aliphatic hydroxyl groups excluding tert-OH is 1. The highest BCUT2D eigenvalue weighted by Crippen LogP contribution is 2.20. The topological polar surface area (TPSA) is 50.7 Å². The first-order chi connectivity index (χ1) is 8.33. The predicted octanol–water partition coefficient (Wildman–Crippen LogP) is 1.65. The molecule has 2 rings (SSSR count). The fourth-order valence-electron chi connectivity index (χ4n) is 2.08. The SMILES string of the molecule is COc1ccc(NC(CO)C2CCCO2)cc1. The Morgan fingerprint density at radius 1 is 1.47 bits per heavy atom. The molecule has 0 spiro atoms. The molecule has 1 heterocycles. The molecule has 2 atom stereocenters.